The number of carbonyl (C=O) groups is 1. The Hall–Kier alpha value is -4.39. The number of anilines is 1. The van der Waals surface area contributed by atoms with Crippen LogP contribution in [0.5, 0.6) is 11.8 Å². The number of piperidine rings is 1. The molecule has 1 amide bonds. The molecule has 4 fully saturated rings. The minimum Gasteiger partial charge on any atom is -0.508 e. The highest BCUT2D eigenvalue weighted by atomic mass is 19.2. The minimum atomic E-state index is -1.18. The van der Waals surface area contributed by atoms with Crippen molar-refractivity contribution in [3.63, 3.8) is 0 Å². The van der Waals surface area contributed by atoms with Crippen molar-refractivity contribution in [3.8, 4) is 23.0 Å². The lowest BCUT2D eigenvalue weighted by Gasteiger charge is -2.39. The number of carbonyl (C=O) groups excluding carboxylic acids is 1. The molecule has 4 aliphatic heterocycles. The molecule has 240 valence electrons. The van der Waals surface area contributed by atoms with Crippen LogP contribution in [0.3, 0.4) is 0 Å². The first-order valence-electron chi connectivity index (χ1n) is 15.7. The second kappa shape index (κ2) is 10.6. The number of halogens is 3. The van der Waals surface area contributed by atoms with Crippen molar-refractivity contribution in [3.05, 3.63) is 47.9 Å². The van der Waals surface area contributed by atoms with Gasteiger partial charge in [0, 0.05) is 30.2 Å². The summed E-state index contributed by atoms with van der Waals surface area (Å²) in [6.07, 6.45) is 5.31. The molecule has 4 saturated heterocycles. The van der Waals surface area contributed by atoms with E-state index in [0.29, 0.717) is 50.8 Å². The summed E-state index contributed by atoms with van der Waals surface area (Å²) in [6, 6.07) is 4.69. The lowest BCUT2D eigenvalue weighted by molar-refractivity contribution is 0.0445. The number of aromatic nitrogens is 3. The zero-order chi connectivity index (χ0) is 31.8. The van der Waals surface area contributed by atoms with Gasteiger partial charge < -0.3 is 24.8 Å². The maximum Gasteiger partial charge on any atom is 0.407 e. The summed E-state index contributed by atoms with van der Waals surface area (Å²) in [5.74, 6) is -2.53. The van der Waals surface area contributed by atoms with Crippen LogP contribution in [0.4, 0.5) is 23.8 Å². The van der Waals surface area contributed by atoms with Gasteiger partial charge in [-0.3, -0.25) is 9.88 Å². The van der Waals surface area contributed by atoms with Crippen LogP contribution in [0.1, 0.15) is 39.0 Å². The number of phenolic OH excluding ortho intramolecular Hbond substituents is 1. The Morgan fingerprint density at radius 1 is 1.13 bits per heavy atom. The maximum absolute atomic E-state index is 16.7. The molecule has 46 heavy (non-hydrogen) atoms. The summed E-state index contributed by atoms with van der Waals surface area (Å²) in [5, 5.41) is 13.4. The van der Waals surface area contributed by atoms with E-state index < -0.39 is 29.1 Å². The topological polar surface area (TPSA) is 113 Å². The summed E-state index contributed by atoms with van der Waals surface area (Å²) in [5.41, 5.74) is -1.43. The summed E-state index contributed by atoms with van der Waals surface area (Å²) < 4.78 is 58.2. The van der Waals surface area contributed by atoms with Crippen LogP contribution in [0.15, 0.2) is 30.5 Å². The van der Waals surface area contributed by atoms with Crippen molar-refractivity contribution in [2.75, 3.05) is 44.2 Å². The van der Waals surface area contributed by atoms with E-state index in [2.05, 4.69) is 27.1 Å². The highest BCUT2D eigenvalue weighted by Gasteiger charge is 2.48. The number of ether oxygens (including phenoxy) is 2. The molecule has 1 spiro atoms. The molecule has 2 N–H and O–H groups in total. The lowest BCUT2D eigenvalue weighted by atomic mass is 9.92. The third-order valence-electron chi connectivity index (χ3n) is 10.1. The second-order valence-electron chi connectivity index (χ2n) is 13.3. The van der Waals surface area contributed by atoms with Crippen molar-refractivity contribution in [2.24, 2.45) is 5.92 Å². The van der Waals surface area contributed by atoms with Gasteiger partial charge in [0.1, 0.15) is 35.0 Å². The molecule has 10 nitrogen and oxygen atoms in total. The highest BCUT2D eigenvalue weighted by molar-refractivity contribution is 6.00. The Bertz CT molecular complexity index is 1910. The maximum atomic E-state index is 16.7. The van der Waals surface area contributed by atoms with Gasteiger partial charge in [0.15, 0.2) is 17.5 Å². The number of fused-ring (bicyclic) bond motifs is 3. The van der Waals surface area contributed by atoms with E-state index in [1.54, 1.807) is 0 Å². The first-order valence-corrected chi connectivity index (χ1v) is 15.7. The van der Waals surface area contributed by atoms with E-state index in [4.69, 9.17) is 14.5 Å². The molecule has 0 saturated carbocycles. The summed E-state index contributed by atoms with van der Waals surface area (Å²) >= 11 is 0. The van der Waals surface area contributed by atoms with E-state index in [0.717, 1.165) is 44.5 Å². The first-order chi connectivity index (χ1) is 22.1. The molecule has 0 bridgehead atoms. The van der Waals surface area contributed by atoms with Crippen molar-refractivity contribution < 1.29 is 32.5 Å². The zero-order valence-corrected chi connectivity index (χ0v) is 25.3. The fourth-order valence-corrected chi connectivity index (χ4v) is 8.11. The van der Waals surface area contributed by atoms with Crippen molar-refractivity contribution in [1.82, 2.24) is 25.2 Å². The van der Waals surface area contributed by atoms with Gasteiger partial charge in [0.05, 0.1) is 24.0 Å². The van der Waals surface area contributed by atoms with E-state index in [1.165, 1.54) is 18.3 Å². The molecule has 1 unspecified atom stereocenters. The molecular formula is C33H33F3N6O4. The van der Waals surface area contributed by atoms with E-state index in [-0.39, 0.29) is 50.2 Å². The van der Waals surface area contributed by atoms with E-state index in [9.17, 15) is 14.3 Å². The zero-order valence-electron chi connectivity index (χ0n) is 25.3. The van der Waals surface area contributed by atoms with Crippen LogP contribution in [0.25, 0.3) is 32.9 Å². The van der Waals surface area contributed by atoms with Crippen LogP contribution in [-0.2, 0) is 4.74 Å². The number of amides is 1. The minimum absolute atomic E-state index is 0.0153. The number of pyridine rings is 1. The van der Waals surface area contributed by atoms with E-state index in [1.807, 2.05) is 4.90 Å². The fourth-order valence-electron chi connectivity index (χ4n) is 8.11. The summed E-state index contributed by atoms with van der Waals surface area (Å²) in [6.45, 7) is 5.78. The van der Waals surface area contributed by atoms with Gasteiger partial charge in [-0.15, -0.1) is 0 Å². The van der Waals surface area contributed by atoms with Gasteiger partial charge >= 0.3 is 12.1 Å². The van der Waals surface area contributed by atoms with Crippen LogP contribution in [0, 0.1) is 23.4 Å². The van der Waals surface area contributed by atoms with Crippen LogP contribution in [-0.4, -0.2) is 81.5 Å². The van der Waals surface area contributed by atoms with Crippen molar-refractivity contribution >= 4 is 33.6 Å². The highest BCUT2D eigenvalue weighted by Crippen LogP contribution is 2.43. The largest absolute Gasteiger partial charge is 0.508 e. The number of rotatable bonds is 5. The standard InChI is InChI=1S/C33H33F3N6O4/c1-18-12-32(6-2-9-42(32)14-18)17-45-30-39-28-22(29(40-30)41-8-3-7-33(16-41)15-38-31(44)46-33)13-37-27(26(28)36)21-11-20(43)10-19-4-5-23(34)25(35)24(19)21/h4-5,10-11,13,18,43H,2-3,6-9,12,14-17H2,1H3,(H,38,44)/t18-,32+,33?/m1/s1. The predicted molar refractivity (Wildman–Crippen MR) is 163 cm³/mol. The Labute approximate surface area is 262 Å². The molecule has 8 rings (SSSR count). The Morgan fingerprint density at radius 3 is 2.80 bits per heavy atom. The summed E-state index contributed by atoms with van der Waals surface area (Å²) in [7, 11) is 0. The van der Waals surface area contributed by atoms with Gasteiger partial charge in [-0.2, -0.15) is 9.97 Å². The number of nitrogens with zero attached hydrogens (tertiary/aromatic N) is 5. The molecule has 4 aliphatic rings. The third kappa shape index (κ3) is 4.66. The number of benzene rings is 2. The lowest BCUT2D eigenvalue weighted by Crippen LogP contribution is -2.51. The molecule has 13 heteroatoms. The molecule has 4 aromatic rings. The average Bonchev–Trinajstić information content (AvgIpc) is 3.68. The van der Waals surface area contributed by atoms with Gasteiger partial charge in [-0.05, 0) is 68.2 Å². The second-order valence-corrected chi connectivity index (χ2v) is 13.3. The number of nitrogens with one attached hydrogen (secondary N) is 1. The van der Waals surface area contributed by atoms with Gasteiger partial charge in [-0.25, -0.2) is 18.0 Å². The number of phenols is 1. The van der Waals surface area contributed by atoms with Crippen LogP contribution < -0.4 is 15.0 Å². The monoisotopic (exact) mass is 634 g/mol. The predicted octanol–water partition coefficient (Wildman–Crippen LogP) is 5.30. The fraction of sp³-hybridized carbons (Fsp3) is 0.455. The molecule has 2 aromatic carbocycles. The van der Waals surface area contributed by atoms with E-state index >= 15 is 8.78 Å². The van der Waals surface area contributed by atoms with Crippen molar-refractivity contribution in [2.45, 2.75) is 50.2 Å². The molecular weight excluding hydrogens is 601 g/mol. The van der Waals surface area contributed by atoms with Gasteiger partial charge in [-0.1, -0.05) is 13.0 Å². The first kappa shape index (κ1) is 29.0. The third-order valence-corrected chi connectivity index (χ3v) is 10.1. The van der Waals surface area contributed by atoms with Crippen molar-refractivity contribution in [1.29, 1.82) is 0 Å². The molecule has 2 aromatic heterocycles. The molecule has 0 radical (unpaired) electrons. The van der Waals surface area contributed by atoms with Crippen LogP contribution in [0.2, 0.25) is 0 Å². The average molecular weight is 635 g/mol. The Balaban J connectivity index is 1.26. The summed E-state index contributed by atoms with van der Waals surface area (Å²) in [4.78, 5) is 30.1. The molecule has 0 aliphatic carbocycles. The smallest absolute Gasteiger partial charge is 0.407 e. The Morgan fingerprint density at radius 2 is 1.98 bits per heavy atom. The quantitative estimate of drug-likeness (QED) is 0.302. The van der Waals surface area contributed by atoms with Gasteiger partial charge in [0.25, 0.3) is 0 Å². The molecule has 3 atom stereocenters. The number of alkyl carbamates (subject to hydrolysis) is 1. The Kier molecular flexibility index (Phi) is 6.68. The SMILES string of the molecule is C[C@H]1CN2CCC[C@@]2(COc2nc(N3CCCC4(CNC(=O)O4)C3)c3cnc(-c4cc(O)cc5ccc(F)c(F)c45)c(F)c3n2)C1. The normalized spacial score (nSPS) is 26.2. The molecule has 6 heterocycles. The number of aromatic hydroxyl groups is 1. The van der Waals surface area contributed by atoms with Gasteiger partial charge in [0.2, 0.25) is 0 Å². The number of hydrogen-bond donors (Lipinski definition) is 2. The van der Waals surface area contributed by atoms with Crippen LogP contribution >= 0.6 is 0 Å². The number of hydrogen-bond acceptors (Lipinski definition) is 9.